The van der Waals surface area contributed by atoms with E-state index in [1.165, 1.54) is 49.6 Å². The molecule has 10 aromatic carbocycles. The minimum atomic E-state index is 0.891. The molecule has 296 valence electrons. The molecule has 0 saturated carbocycles. The minimum absolute atomic E-state index is 0.891. The van der Waals surface area contributed by atoms with Crippen molar-refractivity contribution in [3.05, 3.63) is 243 Å². The number of anilines is 3. The molecule has 0 aliphatic heterocycles. The Bertz CT molecular complexity index is 3580. The predicted octanol–water partition coefficient (Wildman–Crippen LogP) is 16.8. The molecular formula is C60H40N2O. The van der Waals surface area contributed by atoms with E-state index in [2.05, 4.69) is 240 Å². The number of hydrogen-bond donors (Lipinski definition) is 0. The van der Waals surface area contributed by atoms with Gasteiger partial charge in [-0.2, -0.15) is 0 Å². The van der Waals surface area contributed by atoms with E-state index < -0.39 is 0 Å². The van der Waals surface area contributed by atoms with Crippen LogP contribution in [0.5, 0.6) is 0 Å². The van der Waals surface area contributed by atoms with Crippen LogP contribution in [0.15, 0.2) is 247 Å². The first kappa shape index (κ1) is 36.5. The monoisotopic (exact) mass is 804 g/mol. The molecule has 2 heterocycles. The zero-order valence-electron chi connectivity index (χ0n) is 34.4. The van der Waals surface area contributed by atoms with Crippen molar-refractivity contribution >= 4 is 60.8 Å². The van der Waals surface area contributed by atoms with Crippen LogP contribution in [-0.4, -0.2) is 4.57 Å². The summed E-state index contributed by atoms with van der Waals surface area (Å²) in [5.41, 5.74) is 17.9. The first-order chi connectivity index (χ1) is 31.2. The Labute approximate surface area is 366 Å². The lowest BCUT2D eigenvalue weighted by Crippen LogP contribution is -2.10. The minimum Gasteiger partial charge on any atom is -0.456 e. The average Bonchev–Trinajstić information content (AvgIpc) is 3.91. The first-order valence-electron chi connectivity index (χ1n) is 21.5. The van der Waals surface area contributed by atoms with Crippen LogP contribution >= 0.6 is 0 Å². The van der Waals surface area contributed by atoms with Gasteiger partial charge in [-0.25, -0.2) is 0 Å². The molecule has 3 nitrogen and oxygen atoms in total. The number of rotatable bonds is 8. The Hall–Kier alpha value is -8.40. The molecule has 63 heavy (non-hydrogen) atoms. The number of benzene rings is 10. The summed E-state index contributed by atoms with van der Waals surface area (Å²) in [4.78, 5) is 2.36. The van der Waals surface area contributed by atoms with Crippen LogP contribution in [0.25, 0.3) is 93.9 Å². The van der Waals surface area contributed by atoms with E-state index in [-0.39, 0.29) is 0 Å². The number of nitrogens with zero attached hydrogens (tertiary/aromatic N) is 2. The molecule has 0 atom stereocenters. The molecule has 0 N–H and O–H groups in total. The number of para-hydroxylation sites is 3. The molecule has 0 amide bonds. The van der Waals surface area contributed by atoms with E-state index in [9.17, 15) is 0 Å². The van der Waals surface area contributed by atoms with E-state index in [0.717, 1.165) is 61.4 Å². The van der Waals surface area contributed by atoms with Crippen molar-refractivity contribution in [1.82, 2.24) is 4.57 Å². The fourth-order valence-corrected chi connectivity index (χ4v) is 9.44. The molecule has 12 rings (SSSR count). The molecular weight excluding hydrogens is 765 g/mol. The van der Waals surface area contributed by atoms with Gasteiger partial charge in [-0.15, -0.1) is 0 Å². The highest BCUT2D eigenvalue weighted by atomic mass is 16.3. The van der Waals surface area contributed by atoms with E-state index >= 15 is 0 Å². The molecule has 0 bridgehead atoms. The van der Waals surface area contributed by atoms with E-state index in [1.807, 2.05) is 12.1 Å². The molecule has 0 unspecified atom stereocenters. The largest absolute Gasteiger partial charge is 0.456 e. The van der Waals surface area contributed by atoms with Gasteiger partial charge in [0.25, 0.3) is 0 Å². The van der Waals surface area contributed by atoms with Crippen LogP contribution in [-0.2, 0) is 0 Å². The smallest absolute Gasteiger partial charge is 0.136 e. The topological polar surface area (TPSA) is 21.3 Å². The molecule has 3 heteroatoms. The quantitative estimate of drug-likeness (QED) is 0.153. The third kappa shape index (κ3) is 6.46. The van der Waals surface area contributed by atoms with Crippen LogP contribution < -0.4 is 4.90 Å². The average molecular weight is 805 g/mol. The molecule has 0 aliphatic rings. The number of furan rings is 1. The number of hydrogen-bond acceptors (Lipinski definition) is 2. The van der Waals surface area contributed by atoms with E-state index in [4.69, 9.17) is 4.42 Å². The molecule has 0 saturated heterocycles. The van der Waals surface area contributed by atoms with Gasteiger partial charge in [0.2, 0.25) is 0 Å². The van der Waals surface area contributed by atoms with Gasteiger partial charge in [0.1, 0.15) is 11.2 Å². The maximum atomic E-state index is 6.30. The Morgan fingerprint density at radius 2 is 0.794 bits per heavy atom. The fourth-order valence-electron chi connectivity index (χ4n) is 9.44. The van der Waals surface area contributed by atoms with Crippen molar-refractivity contribution in [1.29, 1.82) is 0 Å². The van der Waals surface area contributed by atoms with Crippen LogP contribution in [0.3, 0.4) is 0 Å². The number of fused-ring (bicyclic) bond motifs is 6. The summed E-state index contributed by atoms with van der Waals surface area (Å²) in [5, 5.41) is 4.78. The van der Waals surface area contributed by atoms with Gasteiger partial charge >= 0.3 is 0 Å². The second-order valence-electron chi connectivity index (χ2n) is 16.1. The number of aromatic nitrogens is 1. The van der Waals surface area contributed by atoms with Crippen LogP contribution in [0, 0.1) is 0 Å². The summed E-state index contributed by atoms with van der Waals surface area (Å²) in [7, 11) is 0. The molecule has 0 radical (unpaired) electrons. The second kappa shape index (κ2) is 15.3. The van der Waals surface area contributed by atoms with Crippen molar-refractivity contribution < 1.29 is 4.42 Å². The summed E-state index contributed by atoms with van der Waals surface area (Å²) >= 11 is 0. The first-order valence-corrected chi connectivity index (χ1v) is 21.5. The summed E-state index contributed by atoms with van der Waals surface area (Å²) in [6, 6.07) is 87.1. The second-order valence-corrected chi connectivity index (χ2v) is 16.1. The van der Waals surface area contributed by atoms with Crippen molar-refractivity contribution in [2.24, 2.45) is 0 Å². The lowest BCUT2D eigenvalue weighted by molar-refractivity contribution is 0.669. The maximum absolute atomic E-state index is 6.30. The van der Waals surface area contributed by atoms with E-state index in [0.29, 0.717) is 0 Å². The third-order valence-electron chi connectivity index (χ3n) is 12.4. The van der Waals surface area contributed by atoms with Crippen LogP contribution in [0.4, 0.5) is 17.1 Å². The Morgan fingerprint density at radius 3 is 1.52 bits per heavy atom. The highest BCUT2D eigenvalue weighted by Gasteiger charge is 2.18. The van der Waals surface area contributed by atoms with E-state index in [1.54, 1.807) is 0 Å². The highest BCUT2D eigenvalue weighted by Crippen LogP contribution is 2.42. The lowest BCUT2D eigenvalue weighted by atomic mass is 9.97. The predicted molar refractivity (Wildman–Crippen MR) is 264 cm³/mol. The van der Waals surface area contributed by atoms with Crippen molar-refractivity contribution in [3.8, 4) is 50.2 Å². The van der Waals surface area contributed by atoms with Crippen LogP contribution in [0.1, 0.15) is 0 Å². The molecule has 12 aromatic rings. The highest BCUT2D eigenvalue weighted by molar-refractivity contribution is 6.13. The van der Waals surface area contributed by atoms with Gasteiger partial charge in [0, 0.05) is 44.3 Å². The van der Waals surface area contributed by atoms with Crippen molar-refractivity contribution in [2.75, 3.05) is 4.90 Å². The Balaban J connectivity index is 0.928. The van der Waals surface area contributed by atoms with Gasteiger partial charge in [0.15, 0.2) is 0 Å². The standard InChI is InChI=1S/C60H40N2O/c1-2-15-41(16-3-1)45-19-11-22-49(38-45)61(50-23-13-21-47(40-50)52-28-14-32-59-60(52)55-27-6-9-31-58(55)63-59)48-35-33-42(34-36-48)43-17-10-18-44(37-43)46-20-12-24-51(39-46)62-56-29-7-4-25-53(56)54-26-5-8-30-57(54)62/h1-40H. The molecule has 0 fully saturated rings. The maximum Gasteiger partial charge on any atom is 0.136 e. The fraction of sp³-hybridized carbons (Fsp3) is 0. The summed E-state index contributed by atoms with van der Waals surface area (Å²) < 4.78 is 8.69. The Kier molecular flexibility index (Phi) is 8.83. The van der Waals surface area contributed by atoms with Gasteiger partial charge in [-0.1, -0.05) is 164 Å². The molecule has 2 aromatic heterocycles. The molecule has 0 spiro atoms. The zero-order chi connectivity index (χ0) is 41.7. The SMILES string of the molecule is c1ccc(-c2cccc(N(c3ccc(-c4cccc(-c5cccc(-n6c7ccccc7c7ccccc76)c5)c4)cc3)c3cccc(-c4cccc5oc6ccccc6c45)c3)c2)cc1. The third-order valence-corrected chi connectivity index (χ3v) is 12.4. The van der Waals surface area contributed by atoms with Crippen LogP contribution in [0.2, 0.25) is 0 Å². The van der Waals surface area contributed by atoms with Crippen molar-refractivity contribution in [2.45, 2.75) is 0 Å². The summed E-state index contributed by atoms with van der Waals surface area (Å²) in [6.07, 6.45) is 0. The summed E-state index contributed by atoms with van der Waals surface area (Å²) in [5.74, 6) is 0. The van der Waals surface area contributed by atoms with Crippen molar-refractivity contribution in [3.63, 3.8) is 0 Å². The Morgan fingerprint density at radius 1 is 0.302 bits per heavy atom. The van der Waals surface area contributed by atoms with Gasteiger partial charge in [-0.05, 0) is 123 Å². The normalized spacial score (nSPS) is 11.5. The van der Waals surface area contributed by atoms with Gasteiger partial charge < -0.3 is 13.9 Å². The molecule has 0 aliphatic carbocycles. The zero-order valence-corrected chi connectivity index (χ0v) is 34.4. The lowest BCUT2D eigenvalue weighted by Gasteiger charge is -2.27. The summed E-state index contributed by atoms with van der Waals surface area (Å²) in [6.45, 7) is 0. The van der Waals surface area contributed by atoms with Gasteiger partial charge in [-0.3, -0.25) is 0 Å². The van der Waals surface area contributed by atoms with Gasteiger partial charge in [0.05, 0.1) is 11.0 Å².